The van der Waals surface area contributed by atoms with Gasteiger partial charge in [0.1, 0.15) is 5.60 Å². The van der Waals surface area contributed by atoms with Crippen LogP contribution in [0.2, 0.25) is 0 Å². The molecule has 4 atom stereocenters. The van der Waals surface area contributed by atoms with Crippen molar-refractivity contribution in [2.75, 3.05) is 26.2 Å². The van der Waals surface area contributed by atoms with Gasteiger partial charge in [-0.1, -0.05) is 19.8 Å². The van der Waals surface area contributed by atoms with Crippen LogP contribution >= 0.6 is 0 Å². The molecule has 5 aliphatic rings. The summed E-state index contributed by atoms with van der Waals surface area (Å²) in [7, 11) is 0. The van der Waals surface area contributed by atoms with Gasteiger partial charge in [0.05, 0.1) is 6.04 Å². The monoisotopic (exact) mass is 391 g/mol. The second-order valence-corrected chi connectivity index (χ2v) is 9.91. The second-order valence-electron chi connectivity index (χ2n) is 9.91. The number of hydrogen-bond acceptors (Lipinski definition) is 4. The molecule has 4 unspecified atom stereocenters. The lowest BCUT2D eigenvalue weighted by atomic mass is 9.54. The highest BCUT2D eigenvalue weighted by atomic mass is 16.6. The number of piperidine rings is 1. The molecule has 2 saturated carbocycles. The van der Waals surface area contributed by atoms with Crippen LogP contribution in [0.25, 0.3) is 0 Å². The predicted molar refractivity (Wildman–Crippen MR) is 103 cm³/mol. The van der Waals surface area contributed by atoms with E-state index in [1.807, 2.05) is 0 Å². The summed E-state index contributed by atoms with van der Waals surface area (Å²) in [5, 5.41) is 12.5. The lowest BCUT2D eigenvalue weighted by Crippen LogP contribution is -2.64. The van der Waals surface area contributed by atoms with Crippen LogP contribution in [0.5, 0.6) is 0 Å². The standard InChI is InChI=1S/C21H33N3O4/c1-2-15-16(12-20(15)6-9-24(13-20)19(26)27)23-10-7-21(8-11-23)17(14-4-3-5-14)22-18(25)28-21/h14-17H,2-13H2,1H3,(H,22,25)(H,26,27). The van der Waals surface area contributed by atoms with Gasteiger partial charge in [-0.3, -0.25) is 4.90 Å². The lowest BCUT2D eigenvalue weighted by Gasteiger charge is -2.59. The summed E-state index contributed by atoms with van der Waals surface area (Å²) < 4.78 is 5.88. The molecule has 7 nitrogen and oxygen atoms in total. The third-order valence-corrected chi connectivity index (χ3v) is 8.83. The summed E-state index contributed by atoms with van der Waals surface area (Å²) in [6, 6.07) is 0.757. The molecule has 2 spiro atoms. The molecule has 2 aliphatic carbocycles. The Hall–Kier alpha value is -1.50. The van der Waals surface area contributed by atoms with Gasteiger partial charge in [-0.15, -0.1) is 0 Å². The molecule has 5 rings (SSSR count). The van der Waals surface area contributed by atoms with Gasteiger partial charge in [-0.25, -0.2) is 9.59 Å². The smallest absolute Gasteiger partial charge is 0.408 e. The zero-order chi connectivity index (χ0) is 19.5. The normalized spacial score (nSPS) is 40.2. The van der Waals surface area contributed by atoms with Gasteiger partial charge in [0.2, 0.25) is 0 Å². The first-order valence-corrected chi connectivity index (χ1v) is 11.2. The molecule has 0 aromatic heterocycles. The van der Waals surface area contributed by atoms with Crippen molar-refractivity contribution in [3.8, 4) is 0 Å². The highest BCUT2D eigenvalue weighted by Gasteiger charge is 2.60. The molecule has 28 heavy (non-hydrogen) atoms. The maximum atomic E-state index is 12.0. The molecular formula is C21H33N3O4. The molecule has 156 valence electrons. The first-order valence-electron chi connectivity index (χ1n) is 11.2. The Bertz CT molecular complexity index is 658. The summed E-state index contributed by atoms with van der Waals surface area (Å²) >= 11 is 0. The molecule has 3 heterocycles. The van der Waals surface area contributed by atoms with Crippen LogP contribution in [0, 0.1) is 17.3 Å². The van der Waals surface area contributed by atoms with Crippen molar-refractivity contribution < 1.29 is 19.4 Å². The number of hydrogen-bond donors (Lipinski definition) is 2. The molecule has 0 bridgehead atoms. The topological polar surface area (TPSA) is 82.1 Å². The Morgan fingerprint density at radius 1 is 1.25 bits per heavy atom. The first kappa shape index (κ1) is 18.5. The van der Waals surface area contributed by atoms with Gasteiger partial charge in [-0.2, -0.15) is 0 Å². The zero-order valence-electron chi connectivity index (χ0n) is 16.9. The second kappa shape index (κ2) is 6.51. The van der Waals surface area contributed by atoms with E-state index in [0.717, 1.165) is 45.2 Å². The van der Waals surface area contributed by atoms with Crippen molar-refractivity contribution >= 4 is 12.2 Å². The van der Waals surface area contributed by atoms with Crippen LogP contribution in [-0.4, -0.2) is 71.0 Å². The molecule has 2 amide bonds. The fourth-order valence-electron chi connectivity index (χ4n) is 7.08. The van der Waals surface area contributed by atoms with Gasteiger partial charge >= 0.3 is 12.2 Å². The minimum atomic E-state index is -0.771. The van der Waals surface area contributed by atoms with Crippen molar-refractivity contribution in [2.24, 2.45) is 17.3 Å². The van der Waals surface area contributed by atoms with Crippen molar-refractivity contribution in [3.63, 3.8) is 0 Å². The Balaban J connectivity index is 1.23. The maximum absolute atomic E-state index is 12.0. The van der Waals surface area contributed by atoms with Gasteiger partial charge < -0.3 is 20.1 Å². The molecule has 0 aromatic carbocycles. The average Bonchev–Trinajstić information content (AvgIpc) is 3.17. The van der Waals surface area contributed by atoms with Crippen molar-refractivity contribution in [1.29, 1.82) is 0 Å². The molecule has 2 N–H and O–H groups in total. The number of carbonyl (C=O) groups is 2. The molecular weight excluding hydrogens is 358 g/mol. The number of ether oxygens (including phenoxy) is 1. The molecule has 3 saturated heterocycles. The summed E-state index contributed by atoms with van der Waals surface area (Å²) in [5.41, 5.74) is -0.0991. The minimum absolute atomic E-state index is 0.197. The fourth-order valence-corrected chi connectivity index (χ4v) is 7.08. The largest absolute Gasteiger partial charge is 0.465 e. The van der Waals surface area contributed by atoms with Crippen molar-refractivity contribution in [2.45, 2.75) is 76.0 Å². The molecule has 5 fully saturated rings. The van der Waals surface area contributed by atoms with E-state index in [2.05, 4.69) is 17.1 Å². The third kappa shape index (κ3) is 2.65. The Kier molecular flexibility index (Phi) is 4.30. The van der Waals surface area contributed by atoms with E-state index >= 15 is 0 Å². The number of alkyl carbamates (subject to hydrolysis) is 1. The van der Waals surface area contributed by atoms with E-state index in [1.54, 1.807) is 4.90 Å². The number of carbonyl (C=O) groups excluding carboxylic acids is 1. The van der Waals surface area contributed by atoms with E-state index in [4.69, 9.17) is 4.74 Å². The van der Waals surface area contributed by atoms with E-state index in [9.17, 15) is 14.7 Å². The van der Waals surface area contributed by atoms with Gasteiger partial charge in [0.25, 0.3) is 0 Å². The van der Waals surface area contributed by atoms with Crippen molar-refractivity contribution in [3.05, 3.63) is 0 Å². The van der Waals surface area contributed by atoms with Crippen LogP contribution in [0.1, 0.15) is 58.3 Å². The molecule has 0 aromatic rings. The predicted octanol–water partition coefficient (Wildman–Crippen LogP) is 2.90. The van der Waals surface area contributed by atoms with Crippen LogP contribution in [0.4, 0.5) is 9.59 Å². The number of likely N-dealkylation sites (tertiary alicyclic amines) is 2. The number of rotatable bonds is 3. The average molecular weight is 392 g/mol. The SMILES string of the molecule is CCC1C(N2CCC3(CC2)OC(=O)NC3C2CCC2)CC12CCN(C(=O)O)C2. The number of nitrogens with one attached hydrogen (secondary N) is 1. The van der Waals surface area contributed by atoms with Gasteiger partial charge in [0, 0.05) is 45.1 Å². The highest BCUT2D eigenvalue weighted by molar-refractivity contribution is 5.71. The van der Waals surface area contributed by atoms with Crippen LogP contribution in [-0.2, 0) is 4.74 Å². The number of nitrogens with zero attached hydrogens (tertiary/aromatic N) is 2. The summed E-state index contributed by atoms with van der Waals surface area (Å²) in [6.45, 7) is 5.62. The Morgan fingerprint density at radius 2 is 2.00 bits per heavy atom. The first-order chi connectivity index (χ1) is 13.5. The Morgan fingerprint density at radius 3 is 2.57 bits per heavy atom. The maximum Gasteiger partial charge on any atom is 0.408 e. The Labute approximate surface area is 166 Å². The van der Waals surface area contributed by atoms with Gasteiger partial charge in [-0.05, 0) is 42.9 Å². The number of carboxylic acid groups (broad SMARTS) is 1. The third-order valence-electron chi connectivity index (χ3n) is 8.83. The zero-order valence-corrected chi connectivity index (χ0v) is 16.9. The van der Waals surface area contributed by atoms with Crippen LogP contribution < -0.4 is 5.32 Å². The molecule has 3 aliphatic heterocycles. The minimum Gasteiger partial charge on any atom is -0.465 e. The summed E-state index contributed by atoms with van der Waals surface area (Å²) in [4.78, 5) is 27.6. The van der Waals surface area contributed by atoms with E-state index < -0.39 is 6.09 Å². The molecule has 0 radical (unpaired) electrons. The summed E-state index contributed by atoms with van der Waals surface area (Å²) in [6.07, 6.45) is 7.79. The molecule has 7 heteroatoms. The number of amides is 2. The van der Waals surface area contributed by atoms with Gasteiger partial charge in [0.15, 0.2) is 0 Å². The fraction of sp³-hybridized carbons (Fsp3) is 0.905. The quantitative estimate of drug-likeness (QED) is 0.773. The van der Waals surface area contributed by atoms with E-state index in [0.29, 0.717) is 31.0 Å². The summed E-state index contributed by atoms with van der Waals surface area (Å²) in [5.74, 6) is 1.17. The van der Waals surface area contributed by atoms with Crippen LogP contribution in [0.15, 0.2) is 0 Å². The van der Waals surface area contributed by atoms with Crippen molar-refractivity contribution in [1.82, 2.24) is 15.1 Å². The lowest BCUT2D eigenvalue weighted by molar-refractivity contribution is -0.107. The highest BCUT2D eigenvalue weighted by Crippen LogP contribution is 2.57. The van der Waals surface area contributed by atoms with Crippen LogP contribution in [0.3, 0.4) is 0 Å². The van der Waals surface area contributed by atoms with E-state index in [-0.39, 0.29) is 23.2 Å². The van der Waals surface area contributed by atoms with E-state index in [1.165, 1.54) is 19.3 Å².